The van der Waals surface area contributed by atoms with Gasteiger partial charge >= 0.3 is 0 Å². The van der Waals surface area contributed by atoms with Crippen LogP contribution in [0.5, 0.6) is 0 Å². The third kappa shape index (κ3) is 11.4. The quantitative estimate of drug-likeness (QED) is 0.195. The summed E-state index contributed by atoms with van der Waals surface area (Å²) in [6.07, 6.45) is 9.80. The summed E-state index contributed by atoms with van der Waals surface area (Å²) in [4.78, 5) is 2.81. The summed E-state index contributed by atoms with van der Waals surface area (Å²) in [6, 6.07) is 31.0. The van der Waals surface area contributed by atoms with Gasteiger partial charge in [-0.2, -0.15) is 0 Å². The number of hydrogen-bond acceptors (Lipinski definition) is 1. The van der Waals surface area contributed by atoms with Crippen LogP contribution in [0.3, 0.4) is 0 Å². The van der Waals surface area contributed by atoms with Crippen LogP contribution in [-0.2, 0) is 6.42 Å². The number of halogens is 1. The minimum Gasteiger partial charge on any atom is -0.206 e. The average molecular weight is 585 g/mol. The van der Waals surface area contributed by atoms with Crippen molar-refractivity contribution in [3.63, 3.8) is 0 Å². The maximum Gasteiger partial charge on any atom is 0.131 e. The van der Waals surface area contributed by atoms with Gasteiger partial charge in [0, 0.05) is 21.3 Å². The molecular formula is C40H53FS. The Bertz CT molecular complexity index is 1240. The van der Waals surface area contributed by atoms with Gasteiger partial charge < -0.3 is 0 Å². The zero-order valence-corrected chi connectivity index (χ0v) is 28.0. The molecule has 0 spiro atoms. The molecule has 5 rings (SSSR count). The second-order valence-corrected chi connectivity index (χ2v) is 12.1. The molecule has 0 atom stereocenters. The maximum atomic E-state index is 14.1. The summed E-state index contributed by atoms with van der Waals surface area (Å²) in [7, 11) is 0. The molecule has 226 valence electrons. The van der Waals surface area contributed by atoms with Crippen LogP contribution in [0.15, 0.2) is 101 Å². The summed E-state index contributed by atoms with van der Waals surface area (Å²) < 4.78 is 14.1. The van der Waals surface area contributed by atoms with Gasteiger partial charge in [-0.3, -0.25) is 0 Å². The fraction of sp³-hybridized carbons (Fsp3) is 0.400. The van der Waals surface area contributed by atoms with E-state index < -0.39 is 0 Å². The molecule has 0 saturated heterocycles. The molecule has 4 aromatic carbocycles. The molecule has 0 bridgehead atoms. The van der Waals surface area contributed by atoms with E-state index in [9.17, 15) is 4.39 Å². The normalized spacial score (nSPS) is 11.4. The first-order valence-corrected chi connectivity index (χ1v) is 16.9. The molecule has 1 heterocycles. The number of unbranched alkanes of at least 4 members (excludes halogenated alkanes) is 4. The van der Waals surface area contributed by atoms with Crippen molar-refractivity contribution in [2.45, 2.75) is 116 Å². The van der Waals surface area contributed by atoms with Gasteiger partial charge in [0.05, 0.1) is 0 Å². The van der Waals surface area contributed by atoms with Crippen molar-refractivity contribution in [1.29, 1.82) is 0 Å². The first kappa shape index (κ1) is 35.4. The highest BCUT2D eigenvalue weighted by Gasteiger charge is 2.21. The highest BCUT2D eigenvalue weighted by atomic mass is 32.2. The van der Waals surface area contributed by atoms with Gasteiger partial charge in [-0.25, -0.2) is 4.39 Å². The van der Waals surface area contributed by atoms with Gasteiger partial charge in [0.1, 0.15) is 5.82 Å². The van der Waals surface area contributed by atoms with Crippen LogP contribution in [-0.4, -0.2) is 0 Å². The van der Waals surface area contributed by atoms with E-state index in [1.807, 2.05) is 55.1 Å². The van der Waals surface area contributed by atoms with Gasteiger partial charge in [0.15, 0.2) is 0 Å². The Labute approximate surface area is 261 Å². The third-order valence-corrected chi connectivity index (χ3v) is 8.64. The third-order valence-electron chi connectivity index (χ3n) is 7.46. The van der Waals surface area contributed by atoms with E-state index in [0.29, 0.717) is 11.5 Å². The summed E-state index contributed by atoms with van der Waals surface area (Å²) in [5.74, 6) is 0.413. The molecular weight excluding hydrogens is 532 g/mol. The topological polar surface area (TPSA) is 0 Å². The van der Waals surface area contributed by atoms with Gasteiger partial charge in [-0.1, -0.05) is 170 Å². The molecule has 0 saturated carbocycles. The van der Waals surface area contributed by atoms with E-state index in [1.165, 1.54) is 65.0 Å². The lowest BCUT2D eigenvalue weighted by Crippen LogP contribution is -2.04. The van der Waals surface area contributed by atoms with Crippen molar-refractivity contribution in [3.05, 3.63) is 119 Å². The van der Waals surface area contributed by atoms with Gasteiger partial charge in [-0.05, 0) is 60.2 Å². The first-order chi connectivity index (χ1) is 20.4. The highest BCUT2D eigenvalue weighted by Crippen LogP contribution is 2.45. The van der Waals surface area contributed by atoms with Crippen LogP contribution in [0.25, 0.3) is 11.1 Å². The predicted molar refractivity (Wildman–Crippen MR) is 185 cm³/mol. The summed E-state index contributed by atoms with van der Waals surface area (Å²) in [6.45, 7) is 15.2. The summed E-state index contributed by atoms with van der Waals surface area (Å²) >= 11 is 1.89. The van der Waals surface area contributed by atoms with Gasteiger partial charge in [0.2, 0.25) is 0 Å². The van der Waals surface area contributed by atoms with Crippen LogP contribution in [0.4, 0.5) is 4.39 Å². The lowest BCUT2D eigenvalue weighted by molar-refractivity contribution is 0.626. The van der Waals surface area contributed by atoms with Crippen molar-refractivity contribution in [1.82, 2.24) is 0 Å². The molecule has 2 heteroatoms. The van der Waals surface area contributed by atoms with Crippen molar-refractivity contribution in [3.8, 4) is 11.1 Å². The van der Waals surface area contributed by atoms with Crippen LogP contribution < -0.4 is 0 Å². The zero-order valence-electron chi connectivity index (χ0n) is 27.2. The minimum absolute atomic E-state index is 0.113. The molecule has 1 aliphatic rings. The Hall–Kier alpha value is -2.84. The van der Waals surface area contributed by atoms with Gasteiger partial charge in [-0.15, -0.1) is 0 Å². The Balaban J connectivity index is 0.000000238. The lowest BCUT2D eigenvalue weighted by atomic mass is 9.93. The van der Waals surface area contributed by atoms with Crippen LogP contribution in [0, 0.1) is 12.7 Å². The van der Waals surface area contributed by atoms with E-state index in [-0.39, 0.29) is 5.82 Å². The molecule has 0 unspecified atom stereocenters. The second kappa shape index (κ2) is 20.1. The smallest absolute Gasteiger partial charge is 0.131 e. The van der Waals surface area contributed by atoms with Gasteiger partial charge in [0.25, 0.3) is 0 Å². The standard InChI is InChI=1S/C18H21F.C14H12S.2C4H10/c1-3-4-5-6-15-9-12-17(18(19)13-15)16-10-7-14(2)8-11-16;1-10-11-6-2-4-8-13(11)15-14-9-5-3-7-12(10)14;2*1-3-4-2/h7-13H,3-6H2,1-2H3;2-10H,1H3;2*3-4H2,1-2H3. The largest absolute Gasteiger partial charge is 0.206 e. The summed E-state index contributed by atoms with van der Waals surface area (Å²) in [5, 5.41) is 0. The Morgan fingerprint density at radius 3 is 1.62 bits per heavy atom. The monoisotopic (exact) mass is 584 g/mol. The minimum atomic E-state index is -0.113. The predicted octanol–water partition coefficient (Wildman–Crippen LogP) is 13.4. The number of aryl methyl sites for hydroxylation is 2. The van der Waals surface area contributed by atoms with E-state index in [4.69, 9.17) is 0 Å². The van der Waals surface area contributed by atoms with E-state index in [2.05, 4.69) is 90.1 Å². The first-order valence-electron chi connectivity index (χ1n) is 16.1. The van der Waals surface area contributed by atoms with Crippen LogP contribution in [0.2, 0.25) is 0 Å². The molecule has 0 nitrogen and oxygen atoms in total. The van der Waals surface area contributed by atoms with E-state index in [1.54, 1.807) is 6.07 Å². The number of hydrogen-bond donors (Lipinski definition) is 0. The molecule has 42 heavy (non-hydrogen) atoms. The molecule has 0 radical (unpaired) electrons. The van der Waals surface area contributed by atoms with Crippen molar-refractivity contribution < 1.29 is 4.39 Å². The van der Waals surface area contributed by atoms with Crippen molar-refractivity contribution >= 4 is 11.8 Å². The number of fused-ring (bicyclic) bond motifs is 2. The van der Waals surface area contributed by atoms with Crippen molar-refractivity contribution in [2.75, 3.05) is 0 Å². The van der Waals surface area contributed by atoms with E-state index >= 15 is 0 Å². The second-order valence-electron chi connectivity index (χ2n) is 11.0. The molecule has 1 aliphatic heterocycles. The molecule has 4 aromatic rings. The molecule has 0 amide bonds. The van der Waals surface area contributed by atoms with Crippen molar-refractivity contribution in [2.24, 2.45) is 0 Å². The maximum absolute atomic E-state index is 14.1. The molecule has 0 aromatic heterocycles. The molecule has 0 fully saturated rings. The Kier molecular flexibility index (Phi) is 16.9. The fourth-order valence-corrected chi connectivity index (χ4v) is 5.66. The van der Waals surface area contributed by atoms with E-state index in [0.717, 1.165) is 24.0 Å². The molecule has 0 aliphatic carbocycles. The fourth-order valence-electron chi connectivity index (χ4n) is 4.41. The Morgan fingerprint density at radius 2 is 1.14 bits per heavy atom. The SMILES string of the molecule is CC1c2ccccc2Sc2ccccc21.CCCC.CCCC.CCCCCc1ccc(-c2ccc(C)cc2)c(F)c1. The zero-order chi connectivity index (χ0) is 30.7. The number of rotatable bonds is 7. The lowest BCUT2D eigenvalue weighted by Gasteiger charge is -2.24. The highest BCUT2D eigenvalue weighted by molar-refractivity contribution is 7.99. The average Bonchev–Trinajstić information content (AvgIpc) is 3.02. The molecule has 0 N–H and O–H groups in total. The number of benzene rings is 4. The van der Waals surface area contributed by atoms with Crippen LogP contribution in [0.1, 0.15) is 115 Å². The Morgan fingerprint density at radius 1 is 0.619 bits per heavy atom. The summed E-state index contributed by atoms with van der Waals surface area (Å²) in [5.41, 5.74) is 6.85. The van der Waals surface area contributed by atoms with Crippen LogP contribution >= 0.6 is 11.8 Å².